The lowest BCUT2D eigenvalue weighted by Gasteiger charge is -2.21. The highest BCUT2D eigenvalue weighted by Crippen LogP contribution is 2.40. The van der Waals surface area contributed by atoms with Crippen molar-refractivity contribution in [1.82, 2.24) is 24.5 Å². The predicted octanol–water partition coefficient (Wildman–Crippen LogP) is 10.3. The highest BCUT2D eigenvalue weighted by atomic mass is 32.2. The van der Waals surface area contributed by atoms with Crippen LogP contribution in [-0.2, 0) is 34.5 Å². The third-order valence-corrected chi connectivity index (χ3v) is 13.9. The largest absolute Gasteiger partial charge is 0.462 e. The summed E-state index contributed by atoms with van der Waals surface area (Å²) >= 11 is 1.12. The first-order valence-corrected chi connectivity index (χ1v) is 24.7. The number of aliphatic hydroxyl groups is 1. The van der Waals surface area contributed by atoms with Gasteiger partial charge >= 0.3 is 11.9 Å². The van der Waals surface area contributed by atoms with E-state index in [4.69, 9.17) is 34.8 Å². The monoisotopic (exact) mass is 976 g/mol. The Balaban J connectivity index is 1.32. The van der Waals surface area contributed by atoms with Gasteiger partial charge in [-0.3, -0.25) is 9.59 Å². The molecule has 3 aromatic heterocycles. The van der Waals surface area contributed by atoms with Crippen molar-refractivity contribution in [3.05, 3.63) is 98.7 Å². The topological polar surface area (TPSA) is 235 Å². The second kappa shape index (κ2) is 20.6. The van der Waals surface area contributed by atoms with E-state index in [0.717, 1.165) is 61.7 Å². The number of hydrogen-bond acceptors (Lipinski definition) is 16. The molecule has 6 aromatic rings. The number of sulfonamides is 1. The third kappa shape index (κ3) is 12.0. The standard InChI is InChI=1S/C50H60N10O7S2/c1-14-50(12,13)47(63)67-26-34(61)25-66-40(62)24-52-69(64,65)35-15-16-37-38(22-35)68-48(53-37)60-46(36(23-51)44(59-60)49(9,10)11)58-57-43-33(8)21-39(54-41-29(4)17-27(2)18-30(41)5)55-45(43)56-42-31(6)19-28(3)20-32(42)7/h15-22,34,52,61H,14,24-26H2,1-13H3,(H2,54,55,56). The number of nitrogens with zero attached hydrogens (tertiary/aromatic N) is 7. The van der Waals surface area contributed by atoms with Crippen molar-refractivity contribution < 1.29 is 32.6 Å². The molecule has 1 unspecified atom stereocenters. The summed E-state index contributed by atoms with van der Waals surface area (Å²) in [7, 11) is -4.24. The Morgan fingerprint density at radius 1 is 0.841 bits per heavy atom. The molecule has 19 heteroatoms. The summed E-state index contributed by atoms with van der Waals surface area (Å²) in [4.78, 5) is 34.4. The van der Waals surface area contributed by atoms with E-state index in [2.05, 4.69) is 66.5 Å². The molecule has 0 radical (unpaired) electrons. The molecule has 4 N–H and O–H groups in total. The van der Waals surface area contributed by atoms with Gasteiger partial charge in [0.1, 0.15) is 49.0 Å². The minimum atomic E-state index is -4.24. The number of azo groups is 1. The number of fused-ring (bicyclic) bond motifs is 1. The van der Waals surface area contributed by atoms with Crippen LogP contribution in [0, 0.1) is 65.2 Å². The average molecular weight is 977 g/mol. The Morgan fingerprint density at radius 3 is 2.01 bits per heavy atom. The number of anilines is 4. The van der Waals surface area contributed by atoms with Crippen LogP contribution in [0.1, 0.15) is 98.2 Å². The van der Waals surface area contributed by atoms with Crippen LogP contribution >= 0.6 is 11.3 Å². The first-order valence-electron chi connectivity index (χ1n) is 22.4. The molecule has 0 aliphatic carbocycles. The van der Waals surface area contributed by atoms with Gasteiger partial charge in [-0.2, -0.15) is 19.8 Å². The predicted molar refractivity (Wildman–Crippen MR) is 268 cm³/mol. The maximum Gasteiger partial charge on any atom is 0.321 e. The van der Waals surface area contributed by atoms with Gasteiger partial charge in [0, 0.05) is 16.8 Å². The van der Waals surface area contributed by atoms with Crippen molar-refractivity contribution in [1.29, 1.82) is 5.26 Å². The Kier molecular flexibility index (Phi) is 15.4. The number of aryl methyl sites for hydroxylation is 7. The van der Waals surface area contributed by atoms with E-state index >= 15 is 0 Å². The smallest absolute Gasteiger partial charge is 0.321 e. The van der Waals surface area contributed by atoms with E-state index in [1.165, 1.54) is 22.9 Å². The van der Waals surface area contributed by atoms with Crippen molar-refractivity contribution in [3.63, 3.8) is 0 Å². The second-order valence-electron chi connectivity index (χ2n) is 19.0. The van der Waals surface area contributed by atoms with E-state index < -0.39 is 52.0 Å². The number of ether oxygens (including phenoxy) is 2. The zero-order valence-corrected chi connectivity index (χ0v) is 43.0. The number of nitrogens with one attached hydrogen (secondary N) is 3. The highest BCUT2D eigenvalue weighted by molar-refractivity contribution is 7.89. The van der Waals surface area contributed by atoms with Gasteiger partial charge in [0.2, 0.25) is 15.2 Å². The Bertz CT molecular complexity index is 3100. The van der Waals surface area contributed by atoms with Gasteiger partial charge in [-0.05, 0) is 121 Å². The van der Waals surface area contributed by atoms with Gasteiger partial charge in [0.25, 0.3) is 0 Å². The molecule has 364 valence electrons. The summed E-state index contributed by atoms with van der Waals surface area (Å²) in [6.07, 6.45) is -0.767. The van der Waals surface area contributed by atoms with Crippen LogP contribution in [0.4, 0.5) is 34.5 Å². The Labute approximate surface area is 407 Å². The molecule has 0 spiro atoms. The van der Waals surface area contributed by atoms with Gasteiger partial charge < -0.3 is 25.2 Å². The number of rotatable bonds is 17. The Hall–Kier alpha value is -6.59. The van der Waals surface area contributed by atoms with E-state index in [0.29, 0.717) is 44.8 Å². The molecule has 69 heavy (non-hydrogen) atoms. The maximum absolute atomic E-state index is 13.4. The number of aromatic nitrogens is 4. The molecule has 6 rings (SSSR count). The van der Waals surface area contributed by atoms with Crippen LogP contribution in [0.5, 0.6) is 0 Å². The molecular formula is C50H60N10O7S2. The molecule has 1 atom stereocenters. The molecule has 0 saturated heterocycles. The van der Waals surface area contributed by atoms with Crippen LogP contribution in [0.2, 0.25) is 0 Å². The van der Waals surface area contributed by atoms with Crippen LogP contribution in [0.3, 0.4) is 0 Å². The molecular weight excluding hydrogens is 917 g/mol. The molecule has 3 heterocycles. The third-order valence-electron chi connectivity index (χ3n) is 11.5. The summed E-state index contributed by atoms with van der Waals surface area (Å²) in [6.45, 7) is 23.6. The summed E-state index contributed by atoms with van der Waals surface area (Å²) in [5.74, 6) is -0.306. The molecule has 0 aliphatic heterocycles. The van der Waals surface area contributed by atoms with E-state index in [-0.39, 0.29) is 22.9 Å². The fourth-order valence-electron chi connectivity index (χ4n) is 7.49. The summed E-state index contributed by atoms with van der Waals surface area (Å²) in [5, 5.41) is 42.6. The van der Waals surface area contributed by atoms with Gasteiger partial charge in [-0.15, -0.1) is 10.2 Å². The number of benzene rings is 3. The SMILES string of the molecule is CCC(C)(C)C(=O)OCC(O)COC(=O)CNS(=O)(=O)c1ccc2nc(-n3nc(C(C)(C)C)c(C#N)c3N=Nc3c(C)cc(Nc4c(C)cc(C)cc4C)nc3Nc3c(C)cc(C)cc3C)sc2c1. The maximum atomic E-state index is 13.4. The summed E-state index contributed by atoms with van der Waals surface area (Å²) in [5.41, 5.74) is 9.20. The number of nitriles is 1. The number of hydrogen-bond donors (Lipinski definition) is 4. The van der Waals surface area contributed by atoms with Gasteiger partial charge in [-0.25, -0.2) is 18.4 Å². The van der Waals surface area contributed by atoms with Crippen LogP contribution in [0.25, 0.3) is 15.3 Å². The van der Waals surface area contributed by atoms with Crippen molar-refractivity contribution in [2.24, 2.45) is 15.6 Å². The minimum Gasteiger partial charge on any atom is -0.462 e. The first kappa shape index (κ1) is 51.8. The molecule has 0 fully saturated rings. The molecule has 0 amide bonds. The number of carbonyl (C=O) groups excluding carboxylic acids is 2. The Morgan fingerprint density at radius 2 is 1.43 bits per heavy atom. The van der Waals surface area contributed by atoms with Crippen molar-refractivity contribution in [2.75, 3.05) is 30.4 Å². The average Bonchev–Trinajstić information content (AvgIpc) is 3.87. The van der Waals surface area contributed by atoms with Crippen molar-refractivity contribution in [3.8, 4) is 11.2 Å². The molecule has 0 saturated carbocycles. The molecule has 3 aromatic carbocycles. The van der Waals surface area contributed by atoms with Crippen LogP contribution in [-0.4, -0.2) is 71.1 Å². The lowest BCUT2D eigenvalue weighted by molar-refractivity contribution is -0.159. The zero-order valence-electron chi connectivity index (χ0n) is 41.4. The van der Waals surface area contributed by atoms with Crippen LogP contribution < -0.4 is 15.4 Å². The lowest BCUT2D eigenvalue weighted by Crippen LogP contribution is -2.34. The molecule has 0 aliphatic rings. The van der Waals surface area contributed by atoms with Gasteiger partial charge in [0.15, 0.2) is 11.6 Å². The lowest BCUT2D eigenvalue weighted by atomic mass is 9.90. The number of thiazole rings is 1. The quantitative estimate of drug-likeness (QED) is 0.0492. The number of pyridine rings is 1. The van der Waals surface area contributed by atoms with Crippen molar-refractivity contribution in [2.45, 2.75) is 113 Å². The van der Waals surface area contributed by atoms with Crippen molar-refractivity contribution >= 4 is 78.0 Å². The second-order valence-corrected chi connectivity index (χ2v) is 21.7. The molecule has 0 bridgehead atoms. The number of esters is 2. The van der Waals surface area contributed by atoms with E-state index in [1.54, 1.807) is 13.8 Å². The summed E-state index contributed by atoms with van der Waals surface area (Å²) in [6, 6.07) is 16.9. The van der Waals surface area contributed by atoms with Gasteiger partial charge in [0.05, 0.1) is 26.2 Å². The van der Waals surface area contributed by atoms with E-state index in [9.17, 15) is 28.4 Å². The normalized spacial score (nSPS) is 12.6. The minimum absolute atomic E-state index is 0.115. The number of aliphatic hydroxyl groups excluding tert-OH is 1. The zero-order chi connectivity index (χ0) is 50.7. The fourth-order valence-corrected chi connectivity index (χ4v) is 9.52. The molecule has 17 nitrogen and oxygen atoms in total. The van der Waals surface area contributed by atoms with Crippen LogP contribution in [0.15, 0.2) is 63.7 Å². The van der Waals surface area contributed by atoms with E-state index in [1.807, 2.05) is 61.5 Å². The highest BCUT2D eigenvalue weighted by Gasteiger charge is 2.30. The number of carbonyl (C=O) groups is 2. The fraction of sp³-hybridized carbons (Fsp3) is 0.400. The van der Waals surface area contributed by atoms with Gasteiger partial charge in [-0.1, -0.05) is 74.4 Å². The summed E-state index contributed by atoms with van der Waals surface area (Å²) < 4.78 is 41.1. The first-order chi connectivity index (χ1) is 32.3.